The molecular formula is C21H25N7O7. The molecule has 0 aromatic heterocycles. The Morgan fingerprint density at radius 2 is 1.69 bits per heavy atom. The second-order valence-corrected chi connectivity index (χ2v) is 7.29. The average Bonchev–Trinajstić information content (AvgIpc) is 2.81. The van der Waals surface area contributed by atoms with Gasteiger partial charge in [-0.05, 0) is 36.3 Å². The maximum absolute atomic E-state index is 12.2. The third-order valence-corrected chi connectivity index (χ3v) is 4.64. The monoisotopic (exact) mass is 487 g/mol. The molecule has 4 amide bonds. The van der Waals surface area contributed by atoms with E-state index < -0.39 is 53.8 Å². The van der Waals surface area contributed by atoms with Gasteiger partial charge in [0.1, 0.15) is 6.04 Å². The van der Waals surface area contributed by atoms with E-state index in [-0.39, 0.29) is 29.2 Å². The summed E-state index contributed by atoms with van der Waals surface area (Å²) in [5, 5.41) is 45.5. The number of allylic oxidation sites excluding steroid dienone is 2. The molecule has 0 saturated carbocycles. The summed E-state index contributed by atoms with van der Waals surface area (Å²) in [6.45, 7) is 2.83. The van der Waals surface area contributed by atoms with E-state index in [0.717, 1.165) is 0 Å². The maximum atomic E-state index is 12.2. The summed E-state index contributed by atoms with van der Waals surface area (Å²) in [4.78, 5) is 48.4. The number of anilines is 1. The normalized spacial score (nSPS) is 14.8. The molecule has 2 rings (SSSR count). The summed E-state index contributed by atoms with van der Waals surface area (Å²) in [5.74, 6) is -5.34. The van der Waals surface area contributed by atoms with Gasteiger partial charge >= 0.3 is 0 Å². The van der Waals surface area contributed by atoms with Crippen LogP contribution in [0.15, 0.2) is 59.7 Å². The Bertz CT molecular complexity index is 1130. The number of hydrogen-bond donors (Lipinski definition) is 10. The Labute approximate surface area is 198 Å². The van der Waals surface area contributed by atoms with E-state index in [2.05, 4.69) is 22.5 Å². The van der Waals surface area contributed by atoms with Crippen molar-refractivity contribution in [1.29, 1.82) is 5.41 Å². The number of benzene rings is 1. The van der Waals surface area contributed by atoms with Gasteiger partial charge in [0.15, 0.2) is 23.6 Å². The number of carbonyl (C=O) groups excluding carboxylic acids is 4. The third kappa shape index (κ3) is 7.15. The van der Waals surface area contributed by atoms with Crippen LogP contribution < -0.4 is 32.7 Å². The number of carbonyl (C=O) groups is 4. The number of amides is 4. The Kier molecular flexibility index (Phi) is 8.68. The molecule has 1 unspecified atom stereocenters. The fourth-order valence-electron chi connectivity index (χ4n) is 2.73. The minimum absolute atomic E-state index is 0.117. The van der Waals surface area contributed by atoms with Gasteiger partial charge in [-0.1, -0.05) is 12.7 Å². The van der Waals surface area contributed by atoms with Crippen molar-refractivity contribution in [3.05, 3.63) is 65.3 Å². The topological polar surface area (TPSA) is 253 Å². The van der Waals surface area contributed by atoms with Crippen LogP contribution >= 0.6 is 0 Å². The molecule has 12 N–H and O–H groups in total. The molecule has 0 saturated heterocycles. The van der Waals surface area contributed by atoms with Crippen molar-refractivity contribution in [3.8, 4) is 0 Å². The van der Waals surface area contributed by atoms with Crippen molar-refractivity contribution in [3.63, 3.8) is 0 Å². The highest BCUT2D eigenvalue weighted by Gasteiger charge is 2.31. The zero-order valence-electron chi connectivity index (χ0n) is 18.3. The van der Waals surface area contributed by atoms with Gasteiger partial charge in [0.2, 0.25) is 11.8 Å². The van der Waals surface area contributed by atoms with Gasteiger partial charge in [-0.3, -0.25) is 29.9 Å². The number of hydrogen-bond acceptors (Lipinski definition) is 9. The van der Waals surface area contributed by atoms with Crippen LogP contribution in [0.25, 0.3) is 0 Å². The maximum Gasteiger partial charge on any atom is 0.257 e. The van der Waals surface area contributed by atoms with Crippen molar-refractivity contribution >= 4 is 35.3 Å². The summed E-state index contributed by atoms with van der Waals surface area (Å²) in [6, 6.07) is 3.89. The van der Waals surface area contributed by atoms with Crippen LogP contribution in [0.3, 0.4) is 0 Å². The van der Waals surface area contributed by atoms with Gasteiger partial charge in [0, 0.05) is 11.3 Å². The van der Waals surface area contributed by atoms with Crippen LogP contribution in [0, 0.1) is 5.41 Å². The lowest BCUT2D eigenvalue weighted by atomic mass is 10.0. The molecule has 0 spiro atoms. The highest BCUT2D eigenvalue weighted by Crippen LogP contribution is 2.23. The molecule has 1 aromatic rings. The lowest BCUT2D eigenvalue weighted by molar-refractivity contribution is -0.136. The number of guanidine groups is 1. The van der Waals surface area contributed by atoms with E-state index in [1.54, 1.807) is 0 Å². The quantitative estimate of drug-likeness (QED) is 0.147. The molecule has 0 aliphatic heterocycles. The molecule has 1 aliphatic carbocycles. The SMILES string of the molecule is C=C1CC=C(NC(=O)C(O)[C@H](N)C(=O)NCC(=O)NC(=O)c2ccc(NC(=N)N)cc2)C(O)=C1O. The van der Waals surface area contributed by atoms with Crippen LogP contribution in [0.2, 0.25) is 0 Å². The number of imide groups is 1. The molecule has 1 aromatic carbocycles. The van der Waals surface area contributed by atoms with Crippen molar-refractivity contribution < 1.29 is 34.5 Å². The minimum atomic E-state index is -2.07. The Morgan fingerprint density at radius 1 is 1.06 bits per heavy atom. The van der Waals surface area contributed by atoms with Crippen LogP contribution in [-0.4, -0.2) is 63.6 Å². The largest absolute Gasteiger partial charge is 0.504 e. The fraction of sp³-hybridized carbons (Fsp3) is 0.190. The van der Waals surface area contributed by atoms with Crippen molar-refractivity contribution in [2.24, 2.45) is 11.5 Å². The number of nitrogens with two attached hydrogens (primary N) is 2. The summed E-state index contributed by atoms with van der Waals surface area (Å²) >= 11 is 0. The highest BCUT2D eigenvalue weighted by atomic mass is 16.3. The van der Waals surface area contributed by atoms with Gasteiger partial charge in [0.05, 0.1) is 12.2 Å². The lowest BCUT2D eigenvalue weighted by Crippen LogP contribution is -2.55. The average molecular weight is 487 g/mol. The summed E-state index contributed by atoms with van der Waals surface area (Å²) in [6.07, 6.45) is -0.605. The summed E-state index contributed by atoms with van der Waals surface area (Å²) in [5.41, 5.74) is 11.4. The number of rotatable bonds is 8. The fourth-order valence-corrected chi connectivity index (χ4v) is 2.73. The second kappa shape index (κ2) is 11.4. The molecule has 14 nitrogen and oxygen atoms in total. The van der Waals surface area contributed by atoms with Gasteiger partial charge < -0.3 is 42.7 Å². The lowest BCUT2D eigenvalue weighted by Gasteiger charge is -2.20. The molecule has 0 radical (unpaired) electrons. The molecule has 2 atom stereocenters. The highest BCUT2D eigenvalue weighted by molar-refractivity contribution is 6.06. The van der Waals surface area contributed by atoms with E-state index in [4.69, 9.17) is 16.9 Å². The number of aliphatic hydroxyl groups excluding tert-OH is 3. The molecule has 0 bridgehead atoms. The third-order valence-electron chi connectivity index (χ3n) is 4.64. The van der Waals surface area contributed by atoms with Crippen LogP contribution in [0.5, 0.6) is 0 Å². The zero-order valence-corrected chi connectivity index (χ0v) is 18.3. The van der Waals surface area contributed by atoms with E-state index in [1.807, 2.05) is 5.32 Å². The Hall–Kier alpha value is -4.69. The molecule has 14 heteroatoms. The van der Waals surface area contributed by atoms with Gasteiger partial charge in [-0.15, -0.1) is 0 Å². The molecule has 0 heterocycles. The first-order valence-electron chi connectivity index (χ1n) is 9.99. The van der Waals surface area contributed by atoms with E-state index >= 15 is 0 Å². The molecule has 186 valence electrons. The van der Waals surface area contributed by atoms with E-state index in [9.17, 15) is 34.5 Å². The first-order chi connectivity index (χ1) is 16.4. The first-order valence-corrected chi connectivity index (χ1v) is 9.99. The zero-order chi connectivity index (χ0) is 26.3. The smallest absolute Gasteiger partial charge is 0.257 e. The van der Waals surface area contributed by atoms with Crippen LogP contribution in [-0.2, 0) is 14.4 Å². The van der Waals surface area contributed by atoms with E-state index in [0.29, 0.717) is 5.69 Å². The molecule has 0 fully saturated rings. The van der Waals surface area contributed by atoms with Crippen LogP contribution in [0.1, 0.15) is 16.8 Å². The van der Waals surface area contributed by atoms with E-state index in [1.165, 1.54) is 30.3 Å². The standard InChI is InChI=1S/C21H25N7O7/c1-9-2-7-12(16(31)15(9)30)27-20(35)17(32)14(22)19(34)25-8-13(29)28-18(33)10-3-5-11(6-4-10)26-21(23)24/h3-7,14,17,30-32H,1-2,8,22H2,(H,25,34)(H,27,35)(H4,23,24,26)(H,28,29,33)/t14-,17?/m0/s1. The van der Waals surface area contributed by atoms with Gasteiger partial charge in [-0.2, -0.15) is 0 Å². The Balaban J connectivity index is 1.84. The summed E-state index contributed by atoms with van der Waals surface area (Å²) in [7, 11) is 0. The second-order valence-electron chi connectivity index (χ2n) is 7.29. The minimum Gasteiger partial charge on any atom is -0.504 e. The van der Waals surface area contributed by atoms with Crippen molar-refractivity contribution in [2.45, 2.75) is 18.6 Å². The first kappa shape index (κ1) is 26.6. The van der Waals surface area contributed by atoms with Crippen molar-refractivity contribution in [1.82, 2.24) is 16.0 Å². The van der Waals surface area contributed by atoms with Crippen molar-refractivity contribution in [2.75, 3.05) is 11.9 Å². The number of nitrogens with one attached hydrogen (secondary N) is 5. The Morgan fingerprint density at radius 3 is 2.29 bits per heavy atom. The van der Waals surface area contributed by atoms with Gasteiger partial charge in [-0.25, -0.2) is 0 Å². The number of aliphatic hydroxyl groups is 3. The predicted octanol–water partition coefficient (Wildman–Crippen LogP) is -1.66. The van der Waals surface area contributed by atoms with Crippen LogP contribution in [0.4, 0.5) is 5.69 Å². The van der Waals surface area contributed by atoms with Gasteiger partial charge in [0.25, 0.3) is 11.8 Å². The molecule has 35 heavy (non-hydrogen) atoms. The molecular weight excluding hydrogens is 462 g/mol. The summed E-state index contributed by atoms with van der Waals surface area (Å²) < 4.78 is 0. The molecule has 1 aliphatic rings. The predicted molar refractivity (Wildman–Crippen MR) is 124 cm³/mol.